The minimum atomic E-state index is -0.615. The van der Waals surface area contributed by atoms with Gasteiger partial charge in [-0.05, 0) is 27.7 Å². The Balaban J connectivity index is 3.18. The van der Waals surface area contributed by atoms with Crippen LogP contribution in [-0.2, 0) is 16.8 Å². The normalized spacial score (nSPS) is 11.8. The number of hydrogen-bond acceptors (Lipinski definition) is 4. The molecule has 0 unspecified atom stereocenters. The maximum absolute atomic E-state index is 11.8. The second kappa shape index (κ2) is 5.42. The maximum Gasteiger partial charge on any atom is 0.254 e. The number of aromatic amines is 1. The highest BCUT2D eigenvalue weighted by Gasteiger charge is 2.24. The van der Waals surface area contributed by atoms with Crippen LogP contribution < -0.4 is 5.56 Å². The molecule has 1 aromatic rings. The van der Waals surface area contributed by atoms with Gasteiger partial charge in [-0.25, -0.2) is 4.98 Å². The van der Waals surface area contributed by atoms with Gasteiger partial charge in [0.25, 0.3) is 5.56 Å². The van der Waals surface area contributed by atoms with Crippen LogP contribution in [0.15, 0.2) is 4.79 Å². The number of aliphatic hydroxyl groups is 1. The largest absolute Gasteiger partial charge is 0.396 e. The van der Waals surface area contributed by atoms with Crippen molar-refractivity contribution in [2.24, 2.45) is 0 Å². The summed E-state index contributed by atoms with van der Waals surface area (Å²) >= 11 is 0. The van der Waals surface area contributed by atoms with Gasteiger partial charge in [0.2, 0.25) is 0 Å². The molecule has 0 aromatic carbocycles. The first-order chi connectivity index (χ1) is 7.92. The smallest absolute Gasteiger partial charge is 0.254 e. The summed E-state index contributed by atoms with van der Waals surface area (Å²) in [6, 6.07) is 0. The summed E-state index contributed by atoms with van der Waals surface area (Å²) in [4.78, 5) is 18.9. The van der Waals surface area contributed by atoms with E-state index in [9.17, 15) is 4.79 Å². The molecule has 2 N–H and O–H groups in total. The minimum absolute atomic E-state index is 0.0558. The van der Waals surface area contributed by atoms with Crippen LogP contribution in [0.25, 0.3) is 0 Å². The number of nitrogens with one attached hydrogen (secondary N) is 1. The lowest BCUT2D eigenvalue weighted by atomic mass is 10.1. The van der Waals surface area contributed by atoms with Gasteiger partial charge in [0.1, 0.15) is 11.4 Å². The number of nitrogens with zero attached hydrogens (tertiary/aromatic N) is 1. The molecule has 96 valence electrons. The zero-order valence-corrected chi connectivity index (χ0v) is 10.8. The van der Waals surface area contributed by atoms with Crippen LogP contribution in [0.5, 0.6) is 0 Å². The maximum atomic E-state index is 11.8. The van der Waals surface area contributed by atoms with Gasteiger partial charge in [-0.15, -0.1) is 0 Å². The second-order valence-corrected chi connectivity index (χ2v) is 4.40. The Morgan fingerprint density at radius 1 is 1.47 bits per heavy atom. The van der Waals surface area contributed by atoms with Crippen molar-refractivity contribution in [1.82, 2.24) is 9.97 Å². The number of aromatic nitrogens is 2. The molecule has 1 rings (SSSR count). The highest BCUT2D eigenvalue weighted by atomic mass is 16.5. The number of H-pyrrole nitrogens is 1. The van der Waals surface area contributed by atoms with Gasteiger partial charge < -0.3 is 14.8 Å². The minimum Gasteiger partial charge on any atom is -0.396 e. The number of hydrogen-bond donors (Lipinski definition) is 2. The molecule has 0 radical (unpaired) electrons. The molecule has 0 amide bonds. The summed E-state index contributed by atoms with van der Waals surface area (Å²) in [7, 11) is 0. The van der Waals surface area contributed by atoms with Crippen LogP contribution in [-0.4, -0.2) is 28.3 Å². The van der Waals surface area contributed by atoms with E-state index < -0.39 is 5.60 Å². The molecule has 0 spiro atoms. The third-order valence-corrected chi connectivity index (χ3v) is 2.66. The van der Waals surface area contributed by atoms with Crippen LogP contribution >= 0.6 is 0 Å². The van der Waals surface area contributed by atoms with Crippen molar-refractivity contribution >= 4 is 0 Å². The van der Waals surface area contributed by atoms with Crippen LogP contribution in [0.3, 0.4) is 0 Å². The Labute approximate surface area is 101 Å². The molecule has 0 saturated carbocycles. The van der Waals surface area contributed by atoms with Gasteiger partial charge in [0.05, 0.1) is 0 Å². The van der Waals surface area contributed by atoms with Crippen molar-refractivity contribution in [2.45, 2.75) is 39.7 Å². The summed E-state index contributed by atoms with van der Waals surface area (Å²) in [5.41, 5.74) is 0.361. The molecular formula is C12H20N2O3. The highest BCUT2D eigenvalue weighted by molar-refractivity contribution is 5.18. The van der Waals surface area contributed by atoms with Gasteiger partial charge >= 0.3 is 0 Å². The molecule has 0 aliphatic rings. The Morgan fingerprint density at radius 3 is 2.59 bits per heavy atom. The first kappa shape index (κ1) is 13.9. The molecule has 0 fully saturated rings. The molecule has 0 bridgehead atoms. The number of aryl methyl sites for hydroxylation is 1. The Hall–Kier alpha value is -1.20. The monoisotopic (exact) mass is 240 g/mol. The molecule has 0 aliphatic carbocycles. The molecule has 1 heterocycles. The van der Waals surface area contributed by atoms with E-state index in [1.165, 1.54) is 0 Å². The van der Waals surface area contributed by atoms with E-state index in [0.717, 1.165) is 0 Å². The lowest BCUT2D eigenvalue weighted by Gasteiger charge is -2.24. The molecule has 5 heteroatoms. The number of rotatable bonds is 5. The van der Waals surface area contributed by atoms with E-state index in [1.54, 1.807) is 6.92 Å². The van der Waals surface area contributed by atoms with E-state index in [1.807, 2.05) is 20.8 Å². The quantitative estimate of drug-likeness (QED) is 0.801. The van der Waals surface area contributed by atoms with Crippen LogP contribution in [0.2, 0.25) is 0 Å². The van der Waals surface area contributed by atoms with E-state index in [0.29, 0.717) is 30.1 Å². The standard InChI is InChI=1S/C12H20N2O3/c1-5-17-12(3,4)11-13-8(2)9(6-7-15)10(16)14-11/h15H,5-7H2,1-4H3,(H,13,14,16). The number of ether oxygens (including phenoxy) is 1. The SMILES string of the molecule is CCOC(C)(C)c1nc(C)c(CCO)c(=O)[nH]1. The van der Waals surface area contributed by atoms with Crippen molar-refractivity contribution in [3.63, 3.8) is 0 Å². The van der Waals surface area contributed by atoms with E-state index >= 15 is 0 Å². The first-order valence-corrected chi connectivity index (χ1v) is 5.77. The van der Waals surface area contributed by atoms with Crippen LogP contribution in [0.4, 0.5) is 0 Å². The van der Waals surface area contributed by atoms with Crippen molar-refractivity contribution in [2.75, 3.05) is 13.2 Å². The fourth-order valence-corrected chi connectivity index (χ4v) is 1.73. The Bertz CT molecular complexity index is 438. The molecule has 5 nitrogen and oxygen atoms in total. The molecule has 0 saturated heterocycles. The van der Waals surface area contributed by atoms with Crippen molar-refractivity contribution < 1.29 is 9.84 Å². The average Bonchev–Trinajstić information content (AvgIpc) is 2.23. The lowest BCUT2D eigenvalue weighted by Crippen LogP contribution is -2.30. The van der Waals surface area contributed by atoms with Gasteiger partial charge in [-0.1, -0.05) is 0 Å². The summed E-state index contributed by atoms with van der Waals surface area (Å²) in [6.07, 6.45) is 0.323. The topological polar surface area (TPSA) is 75.2 Å². The third-order valence-electron chi connectivity index (χ3n) is 2.66. The van der Waals surface area contributed by atoms with E-state index in [2.05, 4.69) is 9.97 Å². The number of aliphatic hydroxyl groups excluding tert-OH is 1. The summed E-state index contributed by atoms with van der Waals surface area (Å²) < 4.78 is 5.54. The van der Waals surface area contributed by atoms with Gasteiger partial charge in [-0.2, -0.15) is 0 Å². The summed E-state index contributed by atoms with van der Waals surface area (Å²) in [5.74, 6) is 0.517. The van der Waals surface area contributed by atoms with Gasteiger partial charge in [0.15, 0.2) is 0 Å². The van der Waals surface area contributed by atoms with Crippen LogP contribution in [0, 0.1) is 6.92 Å². The first-order valence-electron chi connectivity index (χ1n) is 5.77. The summed E-state index contributed by atoms with van der Waals surface area (Å²) in [6.45, 7) is 7.88. The zero-order chi connectivity index (χ0) is 13.1. The van der Waals surface area contributed by atoms with Gasteiger partial charge in [0, 0.05) is 30.9 Å². The second-order valence-electron chi connectivity index (χ2n) is 4.40. The fraction of sp³-hybridized carbons (Fsp3) is 0.667. The van der Waals surface area contributed by atoms with E-state index in [-0.39, 0.29) is 12.2 Å². The Morgan fingerprint density at radius 2 is 2.12 bits per heavy atom. The van der Waals surface area contributed by atoms with Crippen molar-refractivity contribution in [3.8, 4) is 0 Å². The third kappa shape index (κ3) is 3.14. The Kier molecular flexibility index (Phi) is 4.42. The molecule has 17 heavy (non-hydrogen) atoms. The zero-order valence-electron chi connectivity index (χ0n) is 10.8. The van der Waals surface area contributed by atoms with E-state index in [4.69, 9.17) is 9.84 Å². The highest BCUT2D eigenvalue weighted by Crippen LogP contribution is 2.20. The van der Waals surface area contributed by atoms with Crippen LogP contribution in [0.1, 0.15) is 37.9 Å². The fourth-order valence-electron chi connectivity index (χ4n) is 1.73. The predicted molar refractivity (Wildman–Crippen MR) is 65.0 cm³/mol. The van der Waals surface area contributed by atoms with Crippen molar-refractivity contribution in [3.05, 3.63) is 27.4 Å². The lowest BCUT2D eigenvalue weighted by molar-refractivity contribution is -0.0211. The molecule has 1 aromatic heterocycles. The molecule has 0 atom stereocenters. The molecule has 0 aliphatic heterocycles. The average molecular weight is 240 g/mol. The van der Waals surface area contributed by atoms with Crippen molar-refractivity contribution in [1.29, 1.82) is 0 Å². The predicted octanol–water partition coefficient (Wildman–Crippen LogP) is 0.885. The van der Waals surface area contributed by atoms with Gasteiger partial charge in [-0.3, -0.25) is 4.79 Å². The summed E-state index contributed by atoms with van der Waals surface area (Å²) in [5, 5.41) is 8.88. The molecular weight excluding hydrogens is 220 g/mol.